The van der Waals surface area contributed by atoms with Gasteiger partial charge in [-0.25, -0.2) is 0 Å². The summed E-state index contributed by atoms with van der Waals surface area (Å²) in [4.78, 5) is 13.4. The second-order valence-corrected chi connectivity index (χ2v) is 24.2. The zero-order valence-electron chi connectivity index (χ0n) is 55.5. The molecule has 3 aliphatic heterocycles. The average Bonchev–Trinajstić information content (AvgIpc) is 0.834. The summed E-state index contributed by atoms with van der Waals surface area (Å²) in [7, 11) is 0. The maximum Gasteiger partial charge on any atom is 0.220 e. The van der Waals surface area contributed by atoms with E-state index in [-0.39, 0.29) is 18.9 Å². The van der Waals surface area contributed by atoms with Crippen LogP contribution in [0.2, 0.25) is 0 Å². The molecule has 0 aromatic heterocycles. The van der Waals surface area contributed by atoms with Crippen LogP contribution in [0.5, 0.6) is 0 Å². The molecular formula is C73H121NO18. The van der Waals surface area contributed by atoms with E-state index < -0.39 is 124 Å². The number of allylic oxidation sites excluding steroid dienone is 19. The van der Waals surface area contributed by atoms with Gasteiger partial charge in [0.1, 0.15) is 73.2 Å². The largest absolute Gasteiger partial charge is 0.394 e. The molecule has 12 N–H and O–H groups in total. The van der Waals surface area contributed by atoms with Crippen molar-refractivity contribution >= 4 is 5.91 Å². The van der Waals surface area contributed by atoms with Gasteiger partial charge in [0.2, 0.25) is 5.91 Å². The van der Waals surface area contributed by atoms with Gasteiger partial charge in [-0.15, -0.1) is 0 Å². The topological polar surface area (TPSA) is 307 Å². The smallest absolute Gasteiger partial charge is 0.220 e. The molecule has 0 saturated carbocycles. The minimum Gasteiger partial charge on any atom is -0.394 e. The highest BCUT2D eigenvalue weighted by molar-refractivity contribution is 5.76. The highest BCUT2D eigenvalue weighted by Crippen LogP contribution is 2.33. The normalized spacial score (nSPS) is 28.5. The van der Waals surface area contributed by atoms with Gasteiger partial charge in [0.15, 0.2) is 18.9 Å². The molecule has 92 heavy (non-hydrogen) atoms. The lowest BCUT2D eigenvalue weighted by Crippen LogP contribution is -2.66. The van der Waals surface area contributed by atoms with Crippen LogP contribution in [0.25, 0.3) is 0 Å². The third-order valence-electron chi connectivity index (χ3n) is 16.5. The van der Waals surface area contributed by atoms with Crippen LogP contribution in [0, 0.1) is 0 Å². The molecule has 3 saturated heterocycles. The molecule has 3 fully saturated rings. The number of hydrogen-bond donors (Lipinski definition) is 12. The number of unbranched alkanes of at least 4 members (excludes halogenated alkanes) is 17. The van der Waals surface area contributed by atoms with E-state index in [0.717, 1.165) is 96.3 Å². The van der Waals surface area contributed by atoms with Crippen molar-refractivity contribution in [1.82, 2.24) is 5.32 Å². The van der Waals surface area contributed by atoms with Crippen molar-refractivity contribution in [2.24, 2.45) is 0 Å². The van der Waals surface area contributed by atoms with Crippen molar-refractivity contribution in [3.8, 4) is 0 Å². The summed E-state index contributed by atoms with van der Waals surface area (Å²) in [5, 5.41) is 120. The van der Waals surface area contributed by atoms with E-state index in [1.165, 1.54) is 70.6 Å². The first-order valence-corrected chi connectivity index (χ1v) is 34.8. The Kier molecular flexibility index (Phi) is 47.8. The molecule has 17 unspecified atom stereocenters. The summed E-state index contributed by atoms with van der Waals surface area (Å²) in [6, 6.07) is -1.01. The summed E-state index contributed by atoms with van der Waals surface area (Å²) in [5.41, 5.74) is 0. The molecule has 19 nitrogen and oxygen atoms in total. The van der Waals surface area contributed by atoms with Gasteiger partial charge in [-0.3, -0.25) is 4.79 Å². The number of carbonyl (C=O) groups is 1. The van der Waals surface area contributed by atoms with Crippen molar-refractivity contribution in [3.63, 3.8) is 0 Å². The Bertz CT molecular complexity index is 2140. The van der Waals surface area contributed by atoms with E-state index in [2.05, 4.69) is 129 Å². The van der Waals surface area contributed by atoms with Crippen molar-refractivity contribution in [1.29, 1.82) is 0 Å². The molecular weight excluding hydrogens is 1180 g/mol. The van der Waals surface area contributed by atoms with Crippen LogP contribution >= 0.6 is 0 Å². The molecule has 3 rings (SSSR count). The summed E-state index contributed by atoms with van der Waals surface area (Å²) in [5.74, 6) is -0.315. The molecule has 0 spiro atoms. The van der Waals surface area contributed by atoms with Gasteiger partial charge < -0.3 is 89.9 Å². The van der Waals surface area contributed by atoms with E-state index in [1.807, 2.05) is 6.08 Å². The molecule has 1 amide bonds. The summed E-state index contributed by atoms with van der Waals surface area (Å²) < 4.78 is 34.3. The molecule has 3 aliphatic rings. The zero-order chi connectivity index (χ0) is 66.8. The van der Waals surface area contributed by atoms with Crippen LogP contribution in [0.15, 0.2) is 122 Å². The monoisotopic (exact) mass is 1300 g/mol. The van der Waals surface area contributed by atoms with Gasteiger partial charge in [0.05, 0.1) is 38.6 Å². The first-order chi connectivity index (χ1) is 44.8. The van der Waals surface area contributed by atoms with Crippen molar-refractivity contribution in [2.45, 2.75) is 304 Å². The summed E-state index contributed by atoms with van der Waals surface area (Å²) in [6.45, 7) is 1.56. The maximum atomic E-state index is 13.4. The van der Waals surface area contributed by atoms with Crippen molar-refractivity contribution in [2.75, 3.05) is 26.4 Å². The molecule has 19 heteroatoms. The molecule has 17 atom stereocenters. The van der Waals surface area contributed by atoms with E-state index in [4.69, 9.17) is 28.4 Å². The van der Waals surface area contributed by atoms with Crippen LogP contribution in [-0.2, 0) is 33.2 Å². The number of aliphatic hydroxyl groups excluding tert-OH is 11. The fourth-order valence-corrected chi connectivity index (χ4v) is 10.9. The second-order valence-electron chi connectivity index (χ2n) is 24.2. The predicted octanol–water partition coefficient (Wildman–Crippen LogP) is 9.21. The number of nitrogens with one attached hydrogen (secondary N) is 1. The maximum absolute atomic E-state index is 13.4. The Morgan fingerprint density at radius 1 is 0.402 bits per heavy atom. The standard InChI is InChI=1S/C73H121NO18/c1-3-5-7-9-11-13-15-17-19-21-23-24-25-26-27-28-29-30-31-32-33-35-37-39-41-43-45-47-49-51-61(79)74-56(57(78)50-48-46-44-42-40-38-36-34-22-20-18-16-14-12-10-8-6-4-2)55-87-71-67(85)64(82)69(59(53-76)89-71)92-73-68(86)65(83)70(60(54-77)90-73)91-72-66(84)63(81)62(80)58(52-75)88-72/h5,7,11,13,17,19,23-24,26-27,29-30,32-33,37,39-40,42,48,50,56-60,62-73,75-78,80-86H,3-4,6,8-10,12,14-16,18,20-22,25,28,31,34-36,38,41,43-47,49,51-55H2,1-2H3,(H,74,79)/b7-5-,13-11-,19-17-,24-23-,27-26-,30-29-,33-32-,39-37-,42-40+,50-48+. The Morgan fingerprint density at radius 3 is 1.22 bits per heavy atom. The second kappa shape index (κ2) is 53.3. The molecule has 3 heterocycles. The molecule has 0 aromatic rings. The van der Waals surface area contributed by atoms with Crippen LogP contribution in [-0.4, -0.2) is 193 Å². The Hall–Kier alpha value is -3.81. The van der Waals surface area contributed by atoms with E-state index in [1.54, 1.807) is 6.08 Å². The Balaban J connectivity index is 1.46. The minimum atomic E-state index is -1.99. The predicted molar refractivity (Wildman–Crippen MR) is 360 cm³/mol. The Labute approximate surface area is 550 Å². The first kappa shape index (κ1) is 82.4. The number of rotatable bonds is 51. The van der Waals surface area contributed by atoms with E-state index in [9.17, 15) is 61.0 Å². The molecule has 526 valence electrons. The molecule has 0 radical (unpaired) electrons. The van der Waals surface area contributed by atoms with Gasteiger partial charge >= 0.3 is 0 Å². The number of ether oxygens (including phenoxy) is 6. The zero-order valence-corrected chi connectivity index (χ0v) is 55.5. The molecule has 0 aliphatic carbocycles. The van der Waals surface area contributed by atoms with Gasteiger partial charge in [0.25, 0.3) is 0 Å². The SMILES string of the molecule is CC/C=C\C/C=C\C/C=C\C/C=C\C/C=C\C/C=C\C/C=C\C/C=C\CCCCCCC(=O)NC(COC1OC(CO)C(OC2OC(CO)C(OC3OC(CO)C(O)C(O)C3O)C(O)C2O)C(O)C1O)C(O)/C=C/CC/C=C/CCCCCCCCCCCCCC. The van der Waals surface area contributed by atoms with Crippen LogP contribution in [0.3, 0.4) is 0 Å². The van der Waals surface area contributed by atoms with Crippen LogP contribution < -0.4 is 5.32 Å². The van der Waals surface area contributed by atoms with Crippen molar-refractivity contribution in [3.05, 3.63) is 122 Å². The van der Waals surface area contributed by atoms with Crippen LogP contribution in [0.1, 0.15) is 200 Å². The highest BCUT2D eigenvalue weighted by Gasteiger charge is 2.53. The lowest BCUT2D eigenvalue weighted by molar-refractivity contribution is -0.379. The summed E-state index contributed by atoms with van der Waals surface area (Å²) >= 11 is 0. The first-order valence-electron chi connectivity index (χ1n) is 34.8. The molecule has 0 bridgehead atoms. The Morgan fingerprint density at radius 2 is 0.761 bits per heavy atom. The van der Waals surface area contributed by atoms with E-state index in [0.29, 0.717) is 12.8 Å². The lowest BCUT2D eigenvalue weighted by Gasteiger charge is -2.48. The van der Waals surface area contributed by atoms with Gasteiger partial charge in [-0.2, -0.15) is 0 Å². The quantitative estimate of drug-likeness (QED) is 0.0199. The molecule has 0 aromatic carbocycles. The fourth-order valence-electron chi connectivity index (χ4n) is 10.9. The van der Waals surface area contributed by atoms with Crippen LogP contribution in [0.4, 0.5) is 0 Å². The fraction of sp³-hybridized carbons (Fsp3) is 0.712. The van der Waals surface area contributed by atoms with Gasteiger partial charge in [0, 0.05) is 6.42 Å². The van der Waals surface area contributed by atoms with Crippen molar-refractivity contribution < 1.29 is 89.4 Å². The van der Waals surface area contributed by atoms with Gasteiger partial charge in [-0.05, 0) is 96.3 Å². The summed E-state index contributed by atoms with van der Waals surface area (Å²) in [6.07, 6.45) is 45.9. The number of aliphatic hydroxyl groups is 11. The average molecular weight is 1300 g/mol. The van der Waals surface area contributed by atoms with E-state index >= 15 is 0 Å². The number of carbonyl (C=O) groups excluding carboxylic acids is 1. The third kappa shape index (κ3) is 34.7. The highest BCUT2D eigenvalue weighted by atomic mass is 16.8. The third-order valence-corrected chi connectivity index (χ3v) is 16.5. The lowest BCUT2D eigenvalue weighted by atomic mass is 9.96. The minimum absolute atomic E-state index is 0.197. The number of hydrogen-bond acceptors (Lipinski definition) is 18. The van der Waals surface area contributed by atoms with Gasteiger partial charge in [-0.1, -0.05) is 219 Å². The number of amides is 1.